The summed E-state index contributed by atoms with van der Waals surface area (Å²) in [6.07, 6.45) is 1.69. The van der Waals surface area contributed by atoms with Gasteiger partial charge in [0, 0.05) is 11.8 Å². The lowest BCUT2D eigenvalue weighted by atomic mass is 9.95. The number of nitrogens with zero attached hydrogens (tertiary/aromatic N) is 2. The summed E-state index contributed by atoms with van der Waals surface area (Å²) in [6, 6.07) is 19.5. The third kappa shape index (κ3) is 4.72. The number of benzene rings is 2. The number of para-hydroxylation sites is 1. The van der Waals surface area contributed by atoms with Crippen LogP contribution in [0.4, 0.5) is 5.69 Å². The summed E-state index contributed by atoms with van der Waals surface area (Å²) in [4.78, 5) is 32.4. The van der Waals surface area contributed by atoms with Crippen LogP contribution in [0.25, 0.3) is 6.08 Å². The van der Waals surface area contributed by atoms with Gasteiger partial charge in [-0.2, -0.15) is 0 Å². The number of allylic oxidation sites excluding steroid dienone is 1. The summed E-state index contributed by atoms with van der Waals surface area (Å²) in [5, 5.41) is 2.95. The van der Waals surface area contributed by atoms with Gasteiger partial charge in [-0.05, 0) is 71.7 Å². The quantitative estimate of drug-likeness (QED) is 0.370. The van der Waals surface area contributed by atoms with E-state index in [0.29, 0.717) is 49.1 Å². The molecule has 0 saturated heterocycles. The normalized spacial score (nSPS) is 15.4. The standard InChI is InChI=1S/C27H22BrN3O4S/c1-3-34-19-11-9-17(10-12-19)24-23(25(32)30-18-7-5-4-6-8-18)16(2)29-27-31(24)26(33)21(36-27)15-20-13-14-22(28)35-20/h4-15,24H,3H2,1-2H3,(H,30,32)/t24-/m1/s1. The summed E-state index contributed by atoms with van der Waals surface area (Å²) in [6.45, 7) is 4.26. The second-order valence-corrected chi connectivity index (χ2v) is 9.84. The van der Waals surface area contributed by atoms with Gasteiger partial charge in [-0.25, -0.2) is 4.99 Å². The summed E-state index contributed by atoms with van der Waals surface area (Å²) < 4.78 is 13.8. The Balaban J connectivity index is 1.66. The number of fused-ring (bicyclic) bond motifs is 1. The van der Waals surface area contributed by atoms with Crippen molar-refractivity contribution < 1.29 is 13.9 Å². The average Bonchev–Trinajstić information content (AvgIpc) is 3.41. The number of amides is 1. The van der Waals surface area contributed by atoms with Crippen LogP contribution in [0.2, 0.25) is 0 Å². The molecule has 7 nitrogen and oxygen atoms in total. The molecule has 5 rings (SSSR count). The number of carbonyl (C=O) groups excluding carboxylic acids is 1. The van der Waals surface area contributed by atoms with Crippen LogP contribution in [-0.2, 0) is 4.79 Å². The highest BCUT2D eigenvalue weighted by Crippen LogP contribution is 2.31. The molecule has 2 aromatic carbocycles. The second-order valence-electron chi connectivity index (χ2n) is 8.05. The molecule has 3 heterocycles. The van der Waals surface area contributed by atoms with E-state index in [4.69, 9.17) is 9.15 Å². The van der Waals surface area contributed by atoms with Gasteiger partial charge in [0.25, 0.3) is 11.5 Å². The lowest BCUT2D eigenvalue weighted by Gasteiger charge is -2.25. The highest BCUT2D eigenvalue weighted by molar-refractivity contribution is 9.10. The highest BCUT2D eigenvalue weighted by Gasteiger charge is 2.32. The number of rotatable bonds is 6. The van der Waals surface area contributed by atoms with Gasteiger partial charge in [0.1, 0.15) is 11.5 Å². The van der Waals surface area contributed by atoms with E-state index in [0.717, 1.165) is 5.56 Å². The monoisotopic (exact) mass is 563 g/mol. The average molecular weight is 564 g/mol. The van der Waals surface area contributed by atoms with Crippen molar-refractivity contribution in [3.63, 3.8) is 0 Å². The lowest BCUT2D eigenvalue weighted by molar-refractivity contribution is -0.113. The molecule has 4 aromatic rings. The minimum Gasteiger partial charge on any atom is -0.494 e. The summed E-state index contributed by atoms with van der Waals surface area (Å²) >= 11 is 4.55. The molecule has 0 unspecified atom stereocenters. The molecular weight excluding hydrogens is 542 g/mol. The van der Waals surface area contributed by atoms with Crippen molar-refractivity contribution in [1.82, 2.24) is 4.57 Å². The molecular formula is C27H22BrN3O4S. The van der Waals surface area contributed by atoms with Crippen LogP contribution in [0.1, 0.15) is 31.2 Å². The molecule has 2 aromatic heterocycles. The predicted molar refractivity (Wildman–Crippen MR) is 143 cm³/mol. The smallest absolute Gasteiger partial charge is 0.271 e. The van der Waals surface area contributed by atoms with Crippen molar-refractivity contribution in [2.24, 2.45) is 4.99 Å². The molecule has 182 valence electrons. The van der Waals surface area contributed by atoms with Crippen LogP contribution in [0, 0.1) is 0 Å². The number of thiazole rings is 1. The molecule has 0 aliphatic carbocycles. The highest BCUT2D eigenvalue weighted by atomic mass is 79.9. The second kappa shape index (κ2) is 10.1. The van der Waals surface area contributed by atoms with Crippen molar-refractivity contribution in [3.05, 3.63) is 114 Å². The maximum atomic E-state index is 13.7. The molecule has 1 amide bonds. The van der Waals surface area contributed by atoms with Crippen LogP contribution in [-0.4, -0.2) is 17.1 Å². The van der Waals surface area contributed by atoms with E-state index < -0.39 is 6.04 Å². The van der Waals surface area contributed by atoms with Crippen LogP contribution >= 0.6 is 27.3 Å². The van der Waals surface area contributed by atoms with Crippen LogP contribution in [0.5, 0.6) is 5.75 Å². The molecule has 0 spiro atoms. The number of halogens is 1. The fourth-order valence-corrected chi connectivity index (χ4v) is 5.44. The predicted octanol–water partition coefficient (Wildman–Crippen LogP) is 4.63. The van der Waals surface area contributed by atoms with Crippen LogP contribution in [0.3, 0.4) is 0 Å². The summed E-state index contributed by atoms with van der Waals surface area (Å²) in [5.74, 6) is 0.945. The van der Waals surface area contributed by atoms with Crippen LogP contribution < -0.4 is 24.9 Å². The van der Waals surface area contributed by atoms with Crippen molar-refractivity contribution in [3.8, 4) is 5.75 Å². The van der Waals surface area contributed by atoms with E-state index in [1.54, 1.807) is 29.7 Å². The van der Waals surface area contributed by atoms with Gasteiger partial charge in [-0.1, -0.05) is 41.7 Å². The zero-order valence-electron chi connectivity index (χ0n) is 19.5. The summed E-state index contributed by atoms with van der Waals surface area (Å²) in [7, 11) is 0. The first-order valence-electron chi connectivity index (χ1n) is 11.3. The van der Waals surface area contributed by atoms with Crippen molar-refractivity contribution >= 4 is 44.9 Å². The van der Waals surface area contributed by atoms with Crippen molar-refractivity contribution in [2.45, 2.75) is 19.9 Å². The van der Waals surface area contributed by atoms with Crippen LogP contribution in [0.15, 0.2) is 96.9 Å². The molecule has 1 aliphatic rings. The first-order chi connectivity index (χ1) is 17.4. The Kier molecular flexibility index (Phi) is 6.75. The van der Waals surface area contributed by atoms with E-state index in [2.05, 4.69) is 26.2 Å². The molecule has 1 aliphatic heterocycles. The van der Waals surface area contributed by atoms with E-state index in [1.165, 1.54) is 11.3 Å². The fraction of sp³-hybridized carbons (Fsp3) is 0.148. The Labute approximate surface area is 219 Å². The molecule has 1 atom stereocenters. The zero-order chi connectivity index (χ0) is 25.2. The van der Waals surface area contributed by atoms with Gasteiger partial charge < -0.3 is 14.5 Å². The zero-order valence-corrected chi connectivity index (χ0v) is 21.9. The van der Waals surface area contributed by atoms with Crippen molar-refractivity contribution in [1.29, 1.82) is 0 Å². The minimum atomic E-state index is -0.661. The number of carbonyl (C=O) groups is 1. The maximum Gasteiger partial charge on any atom is 0.271 e. The van der Waals surface area contributed by atoms with Gasteiger partial charge in [0.05, 0.1) is 28.5 Å². The largest absolute Gasteiger partial charge is 0.494 e. The van der Waals surface area contributed by atoms with E-state index in [9.17, 15) is 9.59 Å². The van der Waals surface area contributed by atoms with Gasteiger partial charge in [-0.3, -0.25) is 14.2 Å². The van der Waals surface area contributed by atoms with E-state index >= 15 is 0 Å². The van der Waals surface area contributed by atoms with Gasteiger partial charge in [0.2, 0.25) is 0 Å². The van der Waals surface area contributed by atoms with Crippen molar-refractivity contribution in [2.75, 3.05) is 11.9 Å². The molecule has 36 heavy (non-hydrogen) atoms. The minimum absolute atomic E-state index is 0.248. The fourth-order valence-electron chi connectivity index (χ4n) is 4.10. The van der Waals surface area contributed by atoms with E-state index in [1.807, 2.05) is 61.5 Å². The Morgan fingerprint density at radius 2 is 1.92 bits per heavy atom. The topological polar surface area (TPSA) is 85.8 Å². The molecule has 0 fully saturated rings. The third-order valence-corrected chi connectivity index (χ3v) is 7.08. The Morgan fingerprint density at radius 3 is 2.58 bits per heavy atom. The van der Waals surface area contributed by atoms with Gasteiger partial charge in [0.15, 0.2) is 9.47 Å². The number of hydrogen-bond donors (Lipinski definition) is 1. The number of ether oxygens (including phenoxy) is 1. The first kappa shape index (κ1) is 24.0. The first-order valence-corrected chi connectivity index (χ1v) is 12.9. The van der Waals surface area contributed by atoms with E-state index in [-0.39, 0.29) is 11.5 Å². The molecule has 0 saturated carbocycles. The molecule has 0 radical (unpaired) electrons. The maximum absolute atomic E-state index is 13.7. The molecule has 1 N–H and O–H groups in total. The number of anilines is 1. The SMILES string of the molecule is CCOc1ccc([C@@H]2C(C(=O)Nc3ccccc3)=C(C)N=c3sc(=Cc4ccc(Br)o4)c(=O)n32)cc1. The number of nitrogens with one attached hydrogen (secondary N) is 1. The Bertz CT molecular complexity index is 1630. The number of aromatic nitrogens is 1. The summed E-state index contributed by atoms with van der Waals surface area (Å²) in [5.41, 5.74) is 2.15. The van der Waals surface area contributed by atoms with Gasteiger partial charge >= 0.3 is 0 Å². The molecule has 0 bridgehead atoms. The lowest BCUT2D eigenvalue weighted by Crippen LogP contribution is -2.40. The Morgan fingerprint density at radius 1 is 1.17 bits per heavy atom. The third-order valence-electron chi connectivity index (χ3n) is 5.67. The molecule has 9 heteroatoms. The Hall–Kier alpha value is -3.69. The number of furan rings is 1. The van der Waals surface area contributed by atoms with Gasteiger partial charge in [-0.15, -0.1) is 0 Å². The number of hydrogen-bond acceptors (Lipinski definition) is 6.